The Balaban J connectivity index is 0.00000182. The Labute approximate surface area is 192 Å². The Hall–Kier alpha value is -1.64. The summed E-state index contributed by atoms with van der Waals surface area (Å²) < 4.78 is 40.8. The highest BCUT2D eigenvalue weighted by Crippen LogP contribution is 2.50. The van der Waals surface area contributed by atoms with E-state index in [2.05, 4.69) is 20.8 Å². The Bertz CT molecular complexity index is 871. The second-order valence-electron chi connectivity index (χ2n) is 7.40. The number of aromatic nitrogens is 2. The molecule has 1 unspecified atom stereocenters. The zero-order valence-corrected chi connectivity index (χ0v) is 20.3. The highest BCUT2D eigenvalue weighted by atomic mass is 31.2. The minimum atomic E-state index is -1.60. The molecule has 5 atom stereocenters. The van der Waals surface area contributed by atoms with Gasteiger partial charge in [0, 0.05) is 39.9 Å². The summed E-state index contributed by atoms with van der Waals surface area (Å²) in [6.07, 6.45) is -1.42. The first-order valence-corrected chi connectivity index (χ1v) is 11.3. The van der Waals surface area contributed by atoms with Crippen LogP contribution < -0.4 is 11.2 Å². The summed E-state index contributed by atoms with van der Waals surface area (Å²) in [4.78, 5) is 25.9. The van der Waals surface area contributed by atoms with Crippen LogP contribution in [0.15, 0.2) is 21.9 Å². The van der Waals surface area contributed by atoms with Gasteiger partial charge in [0.1, 0.15) is 12.2 Å². The molecule has 1 aromatic heterocycles. The molecule has 11 nitrogen and oxygen atoms in total. The summed E-state index contributed by atoms with van der Waals surface area (Å²) in [6.45, 7) is 8.18. The second kappa shape index (κ2) is 13.8. The van der Waals surface area contributed by atoms with E-state index in [0.29, 0.717) is 0 Å². The van der Waals surface area contributed by atoms with Crippen LogP contribution in [0, 0.1) is 11.3 Å². The zero-order chi connectivity index (χ0) is 25.8. The number of aliphatic hydroxyl groups excluding tert-OH is 1. The highest BCUT2D eigenvalue weighted by Gasteiger charge is 2.47. The van der Waals surface area contributed by atoms with Crippen molar-refractivity contribution in [2.24, 2.45) is 0 Å². The predicted octanol–water partition coefficient (Wildman–Crippen LogP) is 1.74. The maximum atomic E-state index is 12.3. The summed E-state index contributed by atoms with van der Waals surface area (Å²) in [5, 5.41) is 12.4. The standard InChI is InChI=1S/C19H31N4O6P.CH4O/c1-12(2)23(13(3)4)30(27-11-7-9-20)29-16-14(5)28-18(17(16)26-6)22-10-8-15(24)21-19(22)25;1-2/h8,10,12-14,16-18H,7,11H2,1-6H3,(H,21,24,25);2H,1H3/t14-,16-,17-,18-,30?;/m1./s1/i5D;2T. The molecule has 0 bridgehead atoms. The van der Waals surface area contributed by atoms with Gasteiger partial charge in [0.25, 0.3) is 14.1 Å². The fourth-order valence-corrected chi connectivity index (χ4v) is 5.10. The van der Waals surface area contributed by atoms with Crippen LogP contribution in [0.2, 0.25) is 0 Å². The molecule has 1 aliphatic heterocycles. The minimum Gasteiger partial charge on any atom is -0.400 e. The third-order valence-electron chi connectivity index (χ3n) is 4.56. The lowest BCUT2D eigenvalue weighted by atomic mass is 10.1. The summed E-state index contributed by atoms with van der Waals surface area (Å²) in [7, 11) is 1.17. The Kier molecular flexibility index (Phi) is 10.8. The number of nitrogens with zero attached hydrogens (tertiary/aromatic N) is 3. The first-order chi connectivity index (χ1) is 16.2. The fraction of sp³-hybridized carbons (Fsp3) is 0.750. The summed E-state index contributed by atoms with van der Waals surface area (Å²) in [6, 6.07) is 3.48. The molecule has 1 aromatic rings. The molecule has 12 heteroatoms. The number of aromatic amines is 1. The second-order valence-corrected chi connectivity index (χ2v) is 8.81. The van der Waals surface area contributed by atoms with E-state index in [1.165, 1.54) is 31.0 Å². The molecule has 32 heavy (non-hydrogen) atoms. The molecular formula is C20H35N4O7P. The lowest BCUT2D eigenvalue weighted by molar-refractivity contribution is -0.0510. The lowest BCUT2D eigenvalue weighted by Gasteiger charge is -2.37. The largest absolute Gasteiger partial charge is 0.400 e. The topological polar surface area (TPSA) is 139 Å². The third-order valence-corrected chi connectivity index (χ3v) is 6.69. The Morgan fingerprint density at radius 3 is 2.59 bits per heavy atom. The van der Waals surface area contributed by atoms with E-state index in [9.17, 15) is 9.59 Å². The van der Waals surface area contributed by atoms with Gasteiger partial charge in [-0.25, -0.2) is 9.46 Å². The van der Waals surface area contributed by atoms with Crippen molar-refractivity contribution in [2.75, 3.05) is 20.8 Å². The molecule has 1 saturated heterocycles. The molecule has 0 spiro atoms. The van der Waals surface area contributed by atoms with Crippen LogP contribution in [0.1, 0.15) is 48.6 Å². The maximum Gasteiger partial charge on any atom is 0.330 e. The third kappa shape index (κ3) is 7.18. The summed E-state index contributed by atoms with van der Waals surface area (Å²) >= 11 is 0. The van der Waals surface area contributed by atoms with Gasteiger partial charge in [-0.15, -0.1) is 0 Å². The van der Waals surface area contributed by atoms with E-state index >= 15 is 0 Å². The quantitative estimate of drug-likeness (QED) is 0.381. The molecule has 0 aromatic carbocycles. The van der Waals surface area contributed by atoms with Crippen LogP contribution in [0.4, 0.5) is 0 Å². The average Bonchev–Trinajstić information content (AvgIpc) is 3.10. The molecule has 1 fully saturated rings. The van der Waals surface area contributed by atoms with Gasteiger partial charge in [0.15, 0.2) is 6.23 Å². The van der Waals surface area contributed by atoms with Crippen molar-refractivity contribution in [2.45, 2.75) is 77.6 Å². The smallest absolute Gasteiger partial charge is 0.330 e. The van der Waals surface area contributed by atoms with Gasteiger partial charge in [0.2, 0.25) is 1.43 Å². The van der Waals surface area contributed by atoms with Gasteiger partial charge in [0.05, 0.1) is 25.2 Å². The molecule has 2 heterocycles. The van der Waals surface area contributed by atoms with Crippen molar-refractivity contribution >= 4 is 8.53 Å². The molecular weight excluding hydrogens is 439 g/mol. The fourth-order valence-electron chi connectivity index (χ4n) is 3.34. The number of aliphatic hydroxyl groups is 1. The lowest BCUT2D eigenvalue weighted by Crippen LogP contribution is -2.41. The Morgan fingerprint density at radius 2 is 2.09 bits per heavy atom. The molecule has 0 saturated carbocycles. The van der Waals surface area contributed by atoms with E-state index in [4.69, 9.17) is 26.6 Å². The molecule has 0 aliphatic carbocycles. The van der Waals surface area contributed by atoms with Gasteiger partial charge >= 0.3 is 5.69 Å². The zero-order valence-electron chi connectivity index (χ0n) is 21.4. The van der Waals surface area contributed by atoms with E-state index in [1.54, 1.807) is 0 Å². The number of H-pyrrole nitrogens is 1. The van der Waals surface area contributed by atoms with Gasteiger partial charge in [-0.2, -0.15) is 5.26 Å². The van der Waals surface area contributed by atoms with E-state index in [0.717, 1.165) is 0 Å². The van der Waals surface area contributed by atoms with E-state index in [1.807, 2.05) is 27.7 Å². The van der Waals surface area contributed by atoms with Gasteiger partial charge < -0.3 is 23.6 Å². The van der Waals surface area contributed by atoms with Crippen LogP contribution in [-0.4, -0.2) is 72.0 Å². The van der Waals surface area contributed by atoms with Crippen LogP contribution in [0.5, 0.6) is 0 Å². The predicted molar refractivity (Wildman–Crippen MR) is 120 cm³/mol. The first kappa shape index (κ1) is 25.0. The van der Waals surface area contributed by atoms with Crippen molar-refractivity contribution in [1.29, 1.82) is 6.69 Å². The van der Waals surface area contributed by atoms with Crippen LogP contribution >= 0.6 is 8.53 Å². The number of methoxy groups -OCH3 is 1. The monoisotopic (exact) mass is 477 g/mol. The van der Waals surface area contributed by atoms with Crippen LogP contribution in [0.25, 0.3) is 0 Å². The summed E-state index contributed by atoms with van der Waals surface area (Å²) in [5.74, 6) is 0. The van der Waals surface area contributed by atoms with Crippen molar-refractivity contribution in [1.82, 2.24) is 14.2 Å². The van der Waals surface area contributed by atoms with Crippen molar-refractivity contribution < 1.29 is 25.0 Å². The van der Waals surface area contributed by atoms with Crippen molar-refractivity contribution in [3.63, 3.8) is 0 Å². The number of hydrogen-bond acceptors (Lipinski definition) is 9. The minimum absolute atomic E-state index is 0.101. The number of nitrogens with one attached hydrogen (secondary N) is 1. The van der Waals surface area contributed by atoms with Crippen molar-refractivity contribution in [3.05, 3.63) is 33.1 Å². The van der Waals surface area contributed by atoms with Gasteiger partial charge in [-0.1, -0.05) is 0 Å². The van der Waals surface area contributed by atoms with Gasteiger partial charge in [-0.05, 0) is 34.6 Å². The maximum absolute atomic E-state index is 12.3. The normalized spacial score (nSPS) is 24.6. The Morgan fingerprint density at radius 1 is 1.44 bits per heavy atom. The van der Waals surface area contributed by atoms with Crippen LogP contribution in [-0.2, 0) is 18.5 Å². The first-order valence-electron chi connectivity index (χ1n) is 11.3. The molecule has 1 aliphatic rings. The highest BCUT2D eigenvalue weighted by molar-refractivity contribution is 7.44. The number of hydrogen-bond donors (Lipinski definition) is 2. The van der Waals surface area contributed by atoms with Gasteiger partial charge in [-0.3, -0.25) is 14.3 Å². The number of nitriles is 1. The summed E-state index contributed by atoms with van der Waals surface area (Å²) in [5.41, 5.74) is -1.15. The molecule has 182 valence electrons. The SMILES string of the molecule is [2H]C[C@H]1O[C@@H](n2ccc(=O)[nH]c2=O)[C@H](OC)[C@@H]1OP(OCCC#N)N(C(C)C)C(C)C.[3H]OC. The van der Waals surface area contributed by atoms with Crippen LogP contribution in [0.3, 0.4) is 0 Å². The molecule has 2 rings (SSSR count). The van der Waals surface area contributed by atoms with E-state index in [-0.39, 0.29) is 32.0 Å². The molecule has 0 radical (unpaired) electrons. The molecule has 0 amide bonds. The number of ether oxygens (including phenoxy) is 2. The molecule has 2 N–H and O–H groups in total. The average molecular weight is 478 g/mol. The van der Waals surface area contributed by atoms with E-state index < -0.39 is 44.3 Å². The number of rotatable bonds is 10. The van der Waals surface area contributed by atoms with Crippen molar-refractivity contribution in [3.8, 4) is 6.07 Å².